The molecule has 14 heavy (non-hydrogen) atoms. The van der Waals surface area contributed by atoms with Gasteiger partial charge < -0.3 is 4.74 Å². The van der Waals surface area contributed by atoms with Crippen LogP contribution in [0.5, 0.6) is 5.75 Å². The Kier molecular flexibility index (Phi) is 2.86. The molecule has 68 valence electrons. The molecule has 1 heterocycles. The Morgan fingerprint density at radius 3 is 2.86 bits per heavy atom. The maximum Gasteiger partial charge on any atom is 0.136 e. The first-order valence-corrected chi connectivity index (χ1v) is 6.07. The highest BCUT2D eigenvalue weighted by atomic mass is 127. The summed E-state index contributed by atoms with van der Waals surface area (Å²) in [6.07, 6.45) is 0. The van der Waals surface area contributed by atoms with Crippen molar-refractivity contribution in [1.29, 1.82) is 0 Å². The van der Waals surface area contributed by atoms with Gasteiger partial charge in [0.15, 0.2) is 0 Å². The quantitative estimate of drug-likeness (QED) is 0.383. The summed E-state index contributed by atoms with van der Waals surface area (Å²) in [5, 5.41) is -0.459. The van der Waals surface area contributed by atoms with Crippen LogP contribution in [-0.2, 0) is 5.21 Å². The van der Waals surface area contributed by atoms with Gasteiger partial charge in [0.1, 0.15) is 5.75 Å². The molecule has 0 aromatic heterocycles. The second-order valence-electron chi connectivity index (χ2n) is 3.19. The van der Waals surface area contributed by atoms with E-state index in [0.717, 1.165) is 8.04 Å². The van der Waals surface area contributed by atoms with Crippen LogP contribution in [0.25, 0.3) is 0 Å². The first kappa shape index (κ1) is 11.1. The van der Waals surface area contributed by atoms with E-state index in [4.69, 9.17) is 32.0 Å². The summed E-state index contributed by atoms with van der Waals surface area (Å²) in [6.45, 7) is 0.258. The number of rotatable bonds is 0. The van der Waals surface area contributed by atoms with Crippen molar-refractivity contribution in [2.45, 2.75) is 5.21 Å². The number of fused-ring (bicyclic) bond motifs is 1. The van der Waals surface area contributed by atoms with Gasteiger partial charge in [-0.2, -0.15) is 0 Å². The van der Waals surface area contributed by atoms with Gasteiger partial charge in [0.05, 0.1) is 30.9 Å². The SMILES string of the molecule is [B]C1([B])COc2c(I)cc(Br)c(Cl)c21. The highest BCUT2D eigenvalue weighted by Crippen LogP contribution is 2.45. The van der Waals surface area contributed by atoms with Gasteiger partial charge in [-0.1, -0.05) is 11.6 Å². The molecule has 0 unspecified atom stereocenters. The number of hydrogen-bond donors (Lipinski definition) is 0. The molecule has 2 rings (SSSR count). The van der Waals surface area contributed by atoms with E-state index in [9.17, 15) is 0 Å². The lowest BCUT2D eigenvalue weighted by molar-refractivity contribution is 0.341. The number of ether oxygens (including phenoxy) is 1. The van der Waals surface area contributed by atoms with E-state index in [-0.39, 0.29) is 6.61 Å². The van der Waals surface area contributed by atoms with E-state index in [1.54, 1.807) is 0 Å². The minimum absolute atomic E-state index is 0.258. The van der Waals surface area contributed by atoms with Gasteiger partial charge in [-0.05, 0) is 49.8 Å². The fourth-order valence-corrected chi connectivity index (χ4v) is 3.31. The van der Waals surface area contributed by atoms with Crippen LogP contribution in [0.2, 0.25) is 5.02 Å². The molecule has 0 saturated carbocycles. The second-order valence-corrected chi connectivity index (χ2v) is 5.58. The maximum atomic E-state index is 6.10. The predicted octanol–water partition coefficient (Wildman–Crippen LogP) is 2.59. The molecule has 0 fully saturated rings. The zero-order chi connectivity index (χ0) is 10.5. The molecular weight excluding hydrogens is 376 g/mol. The van der Waals surface area contributed by atoms with Crippen molar-refractivity contribution < 1.29 is 4.74 Å². The van der Waals surface area contributed by atoms with Crippen molar-refractivity contribution in [3.63, 3.8) is 0 Å². The smallest absolute Gasteiger partial charge is 0.136 e. The molecule has 0 bridgehead atoms. The molecule has 4 radical (unpaired) electrons. The summed E-state index contributed by atoms with van der Waals surface area (Å²) in [5.41, 5.74) is 0.679. The van der Waals surface area contributed by atoms with E-state index < -0.39 is 5.21 Å². The zero-order valence-corrected chi connectivity index (χ0v) is 11.5. The minimum Gasteiger partial charge on any atom is -0.493 e. The molecule has 6 heteroatoms. The predicted molar refractivity (Wildman–Crippen MR) is 70.5 cm³/mol. The fourth-order valence-electron chi connectivity index (χ4n) is 1.40. The summed E-state index contributed by atoms with van der Waals surface area (Å²) in [6, 6.07) is 1.88. The van der Waals surface area contributed by atoms with Crippen LogP contribution in [0.1, 0.15) is 5.56 Å². The molecule has 1 aliphatic heterocycles. The Labute approximate surface area is 112 Å². The second kappa shape index (κ2) is 3.59. The zero-order valence-electron chi connectivity index (χ0n) is 6.98. The van der Waals surface area contributed by atoms with Crippen molar-refractivity contribution in [3.8, 4) is 5.75 Å². The third-order valence-corrected chi connectivity index (χ3v) is 4.09. The molecule has 0 spiro atoms. The van der Waals surface area contributed by atoms with Gasteiger partial charge in [0.25, 0.3) is 0 Å². The molecule has 0 aliphatic carbocycles. The average Bonchev–Trinajstić information content (AvgIpc) is 2.38. The summed E-state index contributed by atoms with van der Waals surface area (Å²) in [4.78, 5) is 0. The summed E-state index contributed by atoms with van der Waals surface area (Å²) in [5.74, 6) is 0.698. The molecule has 0 atom stereocenters. The molecule has 1 aromatic rings. The third-order valence-electron chi connectivity index (χ3n) is 2.05. The van der Waals surface area contributed by atoms with Crippen LogP contribution in [0, 0.1) is 3.57 Å². The van der Waals surface area contributed by atoms with E-state index in [1.165, 1.54) is 0 Å². The van der Waals surface area contributed by atoms with Crippen LogP contribution in [-0.4, -0.2) is 22.3 Å². The standard InChI is InChI=1S/C8H3B2BrClIO/c9-8(10)2-14-7-4(13)1-3(11)6(12)5(7)8/h1H,2H2. The minimum atomic E-state index is -0.990. The first-order chi connectivity index (χ1) is 6.43. The molecular formula is C8H3B2BrClIO. The Hall–Kier alpha value is 0.650. The lowest BCUT2D eigenvalue weighted by Crippen LogP contribution is -2.28. The Bertz CT molecular complexity index is 411. The third kappa shape index (κ3) is 1.61. The van der Waals surface area contributed by atoms with E-state index in [2.05, 4.69) is 38.5 Å². The van der Waals surface area contributed by atoms with Crippen LogP contribution in [0.4, 0.5) is 0 Å². The first-order valence-electron chi connectivity index (χ1n) is 3.82. The van der Waals surface area contributed by atoms with E-state index in [1.807, 2.05) is 6.07 Å². The number of hydrogen-bond acceptors (Lipinski definition) is 1. The van der Waals surface area contributed by atoms with Gasteiger partial charge >= 0.3 is 0 Å². The maximum absolute atomic E-state index is 6.10. The van der Waals surface area contributed by atoms with Crippen molar-refractivity contribution >= 4 is 65.8 Å². The van der Waals surface area contributed by atoms with Crippen molar-refractivity contribution in [2.24, 2.45) is 0 Å². The number of benzene rings is 1. The highest BCUT2D eigenvalue weighted by Gasteiger charge is 2.35. The van der Waals surface area contributed by atoms with Crippen molar-refractivity contribution in [2.75, 3.05) is 6.61 Å². The Morgan fingerprint density at radius 1 is 1.57 bits per heavy atom. The normalized spacial score (nSPS) is 17.6. The van der Waals surface area contributed by atoms with Crippen LogP contribution in [0.3, 0.4) is 0 Å². The topological polar surface area (TPSA) is 9.23 Å². The Morgan fingerprint density at radius 2 is 2.21 bits per heavy atom. The average molecular weight is 379 g/mol. The molecule has 0 N–H and O–H groups in total. The van der Waals surface area contributed by atoms with Gasteiger partial charge in [0.2, 0.25) is 0 Å². The number of halogens is 3. The molecule has 1 aliphatic rings. The lowest BCUT2D eigenvalue weighted by atomic mass is 9.52. The van der Waals surface area contributed by atoms with Crippen LogP contribution < -0.4 is 4.74 Å². The van der Waals surface area contributed by atoms with Crippen LogP contribution >= 0.6 is 50.1 Å². The largest absolute Gasteiger partial charge is 0.493 e. The molecule has 1 nitrogen and oxygen atoms in total. The van der Waals surface area contributed by atoms with E-state index in [0.29, 0.717) is 16.3 Å². The molecule has 0 saturated heterocycles. The summed E-state index contributed by atoms with van der Waals surface area (Å²) < 4.78 is 7.15. The van der Waals surface area contributed by atoms with E-state index >= 15 is 0 Å². The van der Waals surface area contributed by atoms with Crippen molar-refractivity contribution in [1.82, 2.24) is 0 Å². The van der Waals surface area contributed by atoms with Gasteiger partial charge in [-0.3, -0.25) is 0 Å². The Balaban J connectivity index is 2.75. The summed E-state index contributed by atoms with van der Waals surface area (Å²) >= 11 is 11.6. The lowest BCUT2D eigenvalue weighted by Gasteiger charge is -2.18. The fraction of sp³-hybridized carbons (Fsp3) is 0.250. The highest BCUT2D eigenvalue weighted by molar-refractivity contribution is 14.1. The molecule has 0 amide bonds. The van der Waals surface area contributed by atoms with Gasteiger partial charge in [-0.15, -0.1) is 0 Å². The molecule has 1 aromatic carbocycles. The van der Waals surface area contributed by atoms with Gasteiger partial charge in [0, 0.05) is 10.0 Å². The van der Waals surface area contributed by atoms with Crippen molar-refractivity contribution in [3.05, 3.63) is 24.7 Å². The monoisotopic (exact) mass is 378 g/mol. The van der Waals surface area contributed by atoms with Gasteiger partial charge in [-0.25, -0.2) is 0 Å². The van der Waals surface area contributed by atoms with Crippen LogP contribution in [0.15, 0.2) is 10.5 Å². The summed E-state index contributed by atoms with van der Waals surface area (Å²) in [7, 11) is 11.7.